The van der Waals surface area contributed by atoms with Gasteiger partial charge in [0.15, 0.2) is 0 Å². The van der Waals surface area contributed by atoms with E-state index in [-0.39, 0.29) is 0 Å². The van der Waals surface area contributed by atoms with Crippen LogP contribution in [0.1, 0.15) is 15.2 Å². The summed E-state index contributed by atoms with van der Waals surface area (Å²) >= 11 is 12.9. The van der Waals surface area contributed by atoms with Crippen LogP contribution in [-0.4, -0.2) is 11.1 Å². The first-order chi connectivity index (χ1) is 8.58. The van der Waals surface area contributed by atoms with Gasteiger partial charge in [-0.3, -0.25) is 0 Å². The Morgan fingerprint density at radius 1 is 1.28 bits per heavy atom. The Morgan fingerprint density at radius 2 is 2.06 bits per heavy atom. The molecule has 0 saturated heterocycles. The molecule has 2 rings (SSSR count). The summed E-state index contributed by atoms with van der Waals surface area (Å²) in [6.07, 6.45) is 0. The second kappa shape index (κ2) is 5.61. The van der Waals surface area contributed by atoms with Crippen LogP contribution < -0.4 is 5.32 Å². The number of halogens is 2. The van der Waals surface area contributed by atoms with E-state index in [1.807, 2.05) is 0 Å². The summed E-state index contributed by atoms with van der Waals surface area (Å²) in [5.74, 6) is -0.907. The van der Waals surface area contributed by atoms with E-state index in [9.17, 15) is 4.79 Å². The second-order valence-corrected chi connectivity index (χ2v) is 5.29. The Kier molecular flexibility index (Phi) is 4.11. The Labute approximate surface area is 118 Å². The van der Waals surface area contributed by atoms with Crippen molar-refractivity contribution in [2.75, 3.05) is 5.32 Å². The maximum atomic E-state index is 10.9. The molecule has 2 N–H and O–H groups in total. The summed E-state index contributed by atoms with van der Waals surface area (Å²) in [6.45, 7) is 0.434. The number of aromatic carboxylic acids is 1. The molecule has 0 saturated carbocycles. The van der Waals surface area contributed by atoms with Crippen molar-refractivity contribution >= 4 is 46.2 Å². The predicted molar refractivity (Wildman–Crippen MR) is 75.1 cm³/mol. The van der Waals surface area contributed by atoms with E-state index in [0.717, 1.165) is 11.3 Å². The first kappa shape index (κ1) is 13.2. The van der Waals surface area contributed by atoms with Gasteiger partial charge in [0.05, 0.1) is 10.0 Å². The lowest BCUT2D eigenvalue weighted by molar-refractivity contribution is 0.0701. The molecule has 0 amide bonds. The van der Waals surface area contributed by atoms with Gasteiger partial charge in [0, 0.05) is 12.2 Å². The summed E-state index contributed by atoms with van der Waals surface area (Å²) < 4.78 is 0. The SMILES string of the molecule is O=C(O)c1sccc1CNc1ccc(Cl)c(Cl)c1. The van der Waals surface area contributed by atoms with Crippen LogP contribution >= 0.6 is 34.5 Å². The fraction of sp³-hybridized carbons (Fsp3) is 0.0833. The van der Waals surface area contributed by atoms with Gasteiger partial charge in [0.2, 0.25) is 0 Å². The van der Waals surface area contributed by atoms with E-state index in [1.165, 1.54) is 11.3 Å². The number of hydrogen-bond acceptors (Lipinski definition) is 3. The highest BCUT2D eigenvalue weighted by Crippen LogP contribution is 2.26. The maximum absolute atomic E-state index is 10.9. The van der Waals surface area contributed by atoms with E-state index in [0.29, 0.717) is 21.5 Å². The highest BCUT2D eigenvalue weighted by molar-refractivity contribution is 7.12. The summed E-state index contributed by atoms with van der Waals surface area (Å²) in [5.41, 5.74) is 1.55. The van der Waals surface area contributed by atoms with Gasteiger partial charge in [0.1, 0.15) is 4.88 Å². The van der Waals surface area contributed by atoms with E-state index in [1.54, 1.807) is 29.6 Å². The van der Waals surface area contributed by atoms with Gasteiger partial charge < -0.3 is 10.4 Å². The molecule has 1 aromatic heterocycles. The average molecular weight is 302 g/mol. The molecule has 1 aromatic carbocycles. The largest absolute Gasteiger partial charge is 0.477 e. The van der Waals surface area contributed by atoms with Gasteiger partial charge in [-0.2, -0.15) is 0 Å². The summed E-state index contributed by atoms with van der Waals surface area (Å²) in [5, 5.41) is 14.8. The van der Waals surface area contributed by atoms with Gasteiger partial charge in [-0.1, -0.05) is 23.2 Å². The third-order valence-electron chi connectivity index (χ3n) is 2.34. The smallest absolute Gasteiger partial charge is 0.346 e. The van der Waals surface area contributed by atoms with Gasteiger partial charge in [-0.15, -0.1) is 11.3 Å². The molecule has 0 bridgehead atoms. The third kappa shape index (κ3) is 2.96. The average Bonchev–Trinajstić information content (AvgIpc) is 2.79. The van der Waals surface area contributed by atoms with Gasteiger partial charge in [-0.05, 0) is 35.2 Å². The van der Waals surface area contributed by atoms with Crippen LogP contribution in [0.15, 0.2) is 29.6 Å². The number of hydrogen-bond donors (Lipinski definition) is 2. The minimum Gasteiger partial charge on any atom is -0.477 e. The van der Waals surface area contributed by atoms with E-state index in [4.69, 9.17) is 28.3 Å². The Balaban J connectivity index is 2.09. The molecule has 0 aliphatic rings. The van der Waals surface area contributed by atoms with Crippen LogP contribution in [-0.2, 0) is 6.54 Å². The van der Waals surface area contributed by atoms with Crippen LogP contribution in [0.3, 0.4) is 0 Å². The molecule has 1 heterocycles. The van der Waals surface area contributed by atoms with Crippen molar-refractivity contribution in [3.05, 3.63) is 50.1 Å². The number of carbonyl (C=O) groups is 1. The first-order valence-electron chi connectivity index (χ1n) is 5.06. The highest BCUT2D eigenvalue weighted by atomic mass is 35.5. The number of nitrogens with one attached hydrogen (secondary N) is 1. The zero-order valence-corrected chi connectivity index (χ0v) is 11.4. The molecule has 0 spiro atoms. The normalized spacial score (nSPS) is 10.3. The molecule has 0 fully saturated rings. The van der Waals surface area contributed by atoms with Crippen molar-refractivity contribution in [1.82, 2.24) is 0 Å². The molecule has 6 heteroatoms. The van der Waals surface area contributed by atoms with Crippen molar-refractivity contribution in [3.8, 4) is 0 Å². The lowest BCUT2D eigenvalue weighted by Crippen LogP contribution is -2.03. The number of anilines is 1. The lowest BCUT2D eigenvalue weighted by atomic mass is 10.2. The van der Waals surface area contributed by atoms with E-state index >= 15 is 0 Å². The topological polar surface area (TPSA) is 49.3 Å². The molecule has 94 valence electrons. The maximum Gasteiger partial charge on any atom is 0.346 e. The summed E-state index contributed by atoms with van der Waals surface area (Å²) in [4.78, 5) is 11.3. The van der Waals surface area contributed by atoms with Gasteiger partial charge in [-0.25, -0.2) is 4.79 Å². The number of carboxylic acid groups (broad SMARTS) is 1. The Morgan fingerprint density at radius 3 is 2.72 bits per heavy atom. The van der Waals surface area contributed by atoms with Crippen molar-refractivity contribution in [2.24, 2.45) is 0 Å². The van der Waals surface area contributed by atoms with Crippen LogP contribution in [0.25, 0.3) is 0 Å². The molecular weight excluding hydrogens is 293 g/mol. The predicted octanol–water partition coefficient (Wildman–Crippen LogP) is 4.37. The van der Waals surface area contributed by atoms with Crippen molar-refractivity contribution < 1.29 is 9.90 Å². The van der Waals surface area contributed by atoms with Crippen LogP contribution in [0.5, 0.6) is 0 Å². The van der Waals surface area contributed by atoms with Crippen LogP contribution in [0.2, 0.25) is 10.0 Å². The molecule has 0 aliphatic heterocycles. The Hall–Kier alpha value is -1.23. The number of rotatable bonds is 4. The van der Waals surface area contributed by atoms with Gasteiger partial charge in [0.25, 0.3) is 0 Å². The molecular formula is C12H9Cl2NO2S. The molecule has 0 atom stereocenters. The highest BCUT2D eigenvalue weighted by Gasteiger charge is 2.11. The summed E-state index contributed by atoms with van der Waals surface area (Å²) in [6, 6.07) is 6.98. The molecule has 18 heavy (non-hydrogen) atoms. The second-order valence-electron chi connectivity index (χ2n) is 3.56. The van der Waals surface area contributed by atoms with Crippen LogP contribution in [0, 0.1) is 0 Å². The summed E-state index contributed by atoms with van der Waals surface area (Å²) in [7, 11) is 0. The number of benzene rings is 1. The monoisotopic (exact) mass is 301 g/mol. The Bertz CT molecular complexity index is 583. The third-order valence-corrected chi connectivity index (χ3v) is 4.03. The number of thiophene rings is 1. The quantitative estimate of drug-likeness (QED) is 0.882. The number of carboxylic acids is 1. The molecule has 0 radical (unpaired) electrons. The molecule has 3 nitrogen and oxygen atoms in total. The zero-order chi connectivity index (χ0) is 13.1. The minimum absolute atomic E-state index is 0.350. The van der Waals surface area contributed by atoms with Crippen LogP contribution in [0.4, 0.5) is 5.69 Å². The lowest BCUT2D eigenvalue weighted by Gasteiger charge is -2.07. The van der Waals surface area contributed by atoms with Crippen molar-refractivity contribution in [1.29, 1.82) is 0 Å². The molecule has 2 aromatic rings. The van der Waals surface area contributed by atoms with Crippen molar-refractivity contribution in [2.45, 2.75) is 6.54 Å². The first-order valence-corrected chi connectivity index (χ1v) is 6.70. The van der Waals surface area contributed by atoms with E-state index < -0.39 is 5.97 Å². The molecule has 0 aliphatic carbocycles. The minimum atomic E-state index is -0.907. The fourth-order valence-corrected chi connectivity index (χ4v) is 2.52. The van der Waals surface area contributed by atoms with Gasteiger partial charge >= 0.3 is 5.97 Å². The standard InChI is InChI=1S/C12H9Cl2NO2S/c13-9-2-1-8(5-10(9)14)15-6-7-3-4-18-11(7)12(16)17/h1-5,15H,6H2,(H,16,17). The molecule has 0 unspecified atom stereocenters. The van der Waals surface area contributed by atoms with Crippen molar-refractivity contribution in [3.63, 3.8) is 0 Å². The fourth-order valence-electron chi connectivity index (χ4n) is 1.47. The van der Waals surface area contributed by atoms with E-state index in [2.05, 4.69) is 5.32 Å². The zero-order valence-electron chi connectivity index (χ0n) is 9.11.